The van der Waals surface area contributed by atoms with E-state index in [2.05, 4.69) is 33.2 Å². The number of nitrogens with two attached hydrogens (primary N) is 1. The Morgan fingerprint density at radius 3 is 2.56 bits per heavy atom. The molecule has 6 rings (SSSR count). The maximum absolute atomic E-state index is 6.38. The molecule has 0 bridgehead atoms. The van der Waals surface area contributed by atoms with Gasteiger partial charge in [0.1, 0.15) is 17.2 Å². The summed E-state index contributed by atoms with van der Waals surface area (Å²) in [5.74, 6) is 0.896. The van der Waals surface area contributed by atoms with Crippen molar-refractivity contribution in [2.24, 2.45) is 10.7 Å². The van der Waals surface area contributed by atoms with Crippen molar-refractivity contribution in [3.05, 3.63) is 107 Å². The van der Waals surface area contributed by atoms with Gasteiger partial charge in [-0.15, -0.1) is 0 Å². The fraction of sp³-hybridized carbons (Fsp3) is 0.160. The molecule has 0 amide bonds. The van der Waals surface area contributed by atoms with Crippen LogP contribution in [0.2, 0.25) is 5.02 Å². The van der Waals surface area contributed by atoms with Gasteiger partial charge in [-0.3, -0.25) is 15.0 Å². The van der Waals surface area contributed by atoms with E-state index < -0.39 is 5.54 Å². The van der Waals surface area contributed by atoms with Gasteiger partial charge in [0.2, 0.25) is 0 Å². The molecule has 1 unspecified atom stereocenters. The fourth-order valence-corrected chi connectivity index (χ4v) is 4.59. The lowest BCUT2D eigenvalue weighted by Crippen LogP contribution is -2.27. The van der Waals surface area contributed by atoms with E-state index in [-0.39, 0.29) is 0 Å². The van der Waals surface area contributed by atoms with Gasteiger partial charge in [0.25, 0.3) is 0 Å². The van der Waals surface area contributed by atoms with E-state index in [9.17, 15) is 0 Å². The molecule has 7 heteroatoms. The molecule has 4 heterocycles. The molecule has 2 aliphatic rings. The van der Waals surface area contributed by atoms with Crippen molar-refractivity contribution in [3.8, 4) is 11.1 Å². The second-order valence-electron chi connectivity index (χ2n) is 8.18. The Morgan fingerprint density at radius 2 is 1.72 bits per heavy atom. The number of fused-ring (bicyclic) bond motifs is 1. The molecule has 1 aliphatic carbocycles. The lowest BCUT2D eigenvalue weighted by atomic mass is 9.80. The summed E-state index contributed by atoms with van der Waals surface area (Å²) < 4.78 is 0. The molecule has 2 N–H and O–H groups in total. The highest BCUT2D eigenvalue weighted by atomic mass is 35.5. The van der Waals surface area contributed by atoms with Crippen molar-refractivity contribution in [2.45, 2.75) is 24.3 Å². The normalized spacial score (nSPS) is 19.5. The molecule has 1 fully saturated rings. The van der Waals surface area contributed by atoms with Crippen molar-refractivity contribution < 1.29 is 0 Å². The van der Waals surface area contributed by atoms with Gasteiger partial charge in [-0.2, -0.15) is 0 Å². The summed E-state index contributed by atoms with van der Waals surface area (Å²) in [4.78, 5) is 23.0. The Labute approximate surface area is 190 Å². The summed E-state index contributed by atoms with van der Waals surface area (Å²) in [6.07, 6.45) is 11.0. The number of hydrogen-bond acceptors (Lipinski definition) is 6. The van der Waals surface area contributed by atoms with Crippen LogP contribution in [-0.4, -0.2) is 25.8 Å². The molecule has 32 heavy (non-hydrogen) atoms. The molecule has 6 nitrogen and oxygen atoms in total. The molecule has 4 aromatic rings. The number of nitrogens with zero attached hydrogens (tertiary/aromatic N) is 5. The molecule has 1 aliphatic heterocycles. The Morgan fingerprint density at radius 1 is 0.875 bits per heavy atom. The highest BCUT2D eigenvalue weighted by Gasteiger charge is 2.46. The van der Waals surface area contributed by atoms with Crippen molar-refractivity contribution in [1.29, 1.82) is 0 Å². The molecule has 0 saturated heterocycles. The minimum atomic E-state index is -0.901. The lowest BCUT2D eigenvalue weighted by Gasteiger charge is -2.28. The molecule has 0 radical (unpaired) electrons. The Balaban J connectivity index is 1.60. The van der Waals surface area contributed by atoms with E-state index in [0.29, 0.717) is 22.5 Å². The van der Waals surface area contributed by atoms with Gasteiger partial charge in [0.15, 0.2) is 5.54 Å². The number of aliphatic imine (C=N–C) groups is 1. The number of hydrogen-bond donors (Lipinski definition) is 1. The fourth-order valence-electron chi connectivity index (χ4n) is 4.42. The quantitative estimate of drug-likeness (QED) is 0.507. The maximum Gasteiger partial charge on any atom is 0.157 e. The van der Waals surface area contributed by atoms with E-state index in [1.807, 2.05) is 30.5 Å². The Hall–Kier alpha value is -3.64. The van der Waals surface area contributed by atoms with E-state index in [1.54, 1.807) is 24.8 Å². The molecule has 0 spiro atoms. The van der Waals surface area contributed by atoms with Gasteiger partial charge in [0, 0.05) is 48.2 Å². The van der Waals surface area contributed by atoms with Gasteiger partial charge in [-0.05, 0) is 53.8 Å². The van der Waals surface area contributed by atoms with Gasteiger partial charge in [0.05, 0.1) is 5.02 Å². The molecular weight excluding hydrogens is 420 g/mol. The summed E-state index contributed by atoms with van der Waals surface area (Å²) in [5.41, 5.74) is 11.8. The smallest absolute Gasteiger partial charge is 0.157 e. The van der Waals surface area contributed by atoms with Crippen LogP contribution in [-0.2, 0) is 5.54 Å². The third-order valence-electron chi connectivity index (χ3n) is 6.08. The Kier molecular flexibility index (Phi) is 4.30. The summed E-state index contributed by atoms with van der Waals surface area (Å²) in [7, 11) is 0. The van der Waals surface area contributed by atoms with E-state index in [4.69, 9.17) is 27.3 Å². The average Bonchev–Trinajstić information content (AvgIpc) is 3.64. The third-order valence-corrected chi connectivity index (χ3v) is 6.29. The van der Waals surface area contributed by atoms with Crippen molar-refractivity contribution in [1.82, 2.24) is 19.9 Å². The monoisotopic (exact) mass is 438 g/mol. The van der Waals surface area contributed by atoms with Crippen LogP contribution in [0.3, 0.4) is 0 Å². The molecule has 3 aromatic heterocycles. The summed E-state index contributed by atoms with van der Waals surface area (Å²) in [6.45, 7) is 0. The molecule has 1 atom stereocenters. The number of aromatic nitrogens is 4. The highest BCUT2D eigenvalue weighted by Crippen LogP contribution is 2.47. The zero-order valence-electron chi connectivity index (χ0n) is 17.1. The number of halogens is 1. The topological polar surface area (TPSA) is 89.9 Å². The predicted molar refractivity (Wildman–Crippen MR) is 124 cm³/mol. The molecule has 1 aromatic carbocycles. The van der Waals surface area contributed by atoms with Crippen LogP contribution in [0.4, 0.5) is 0 Å². The van der Waals surface area contributed by atoms with E-state index >= 15 is 0 Å². The van der Waals surface area contributed by atoms with Crippen molar-refractivity contribution >= 4 is 17.4 Å². The highest BCUT2D eigenvalue weighted by molar-refractivity contribution is 6.30. The van der Waals surface area contributed by atoms with Gasteiger partial charge in [-0.1, -0.05) is 29.8 Å². The lowest BCUT2D eigenvalue weighted by molar-refractivity contribution is 0.642. The first kappa shape index (κ1) is 19.1. The number of pyridine rings is 2. The number of benzene rings is 1. The van der Waals surface area contributed by atoms with Gasteiger partial charge < -0.3 is 5.73 Å². The first-order chi connectivity index (χ1) is 15.6. The average molecular weight is 439 g/mol. The summed E-state index contributed by atoms with van der Waals surface area (Å²) in [5, 5.41) is 0.588. The zero-order chi connectivity index (χ0) is 21.7. The standard InChI is InChI=1S/C25H19ClN6/c26-20-11-17(13-28-14-20)16-2-1-3-18(10-16)25(19-6-7-29-21(12-19)15-4-5-15)23-22(24(27)32-25)30-8-9-31-23/h1-3,6-15H,4-5H2,(H2,27,32). The third kappa shape index (κ3) is 2.99. The van der Waals surface area contributed by atoms with Gasteiger partial charge in [-0.25, -0.2) is 9.98 Å². The molecule has 156 valence electrons. The Bertz CT molecular complexity index is 1380. The van der Waals surface area contributed by atoms with Crippen LogP contribution >= 0.6 is 11.6 Å². The first-order valence-electron chi connectivity index (χ1n) is 10.5. The van der Waals surface area contributed by atoms with Crippen LogP contribution in [0, 0.1) is 0 Å². The summed E-state index contributed by atoms with van der Waals surface area (Å²) >= 11 is 6.20. The van der Waals surface area contributed by atoms with Crippen LogP contribution in [0.5, 0.6) is 0 Å². The summed E-state index contributed by atoms with van der Waals surface area (Å²) in [6, 6.07) is 14.2. The zero-order valence-corrected chi connectivity index (χ0v) is 17.9. The van der Waals surface area contributed by atoms with E-state index in [1.165, 1.54) is 12.8 Å². The molecular formula is C25H19ClN6. The van der Waals surface area contributed by atoms with Crippen LogP contribution in [0.25, 0.3) is 11.1 Å². The maximum atomic E-state index is 6.38. The SMILES string of the molecule is NC1=NC(c2cccc(-c3cncc(Cl)c3)c2)(c2ccnc(C3CC3)c2)c2nccnc21. The van der Waals surface area contributed by atoms with Crippen molar-refractivity contribution in [3.63, 3.8) is 0 Å². The second kappa shape index (κ2) is 7.21. The largest absolute Gasteiger partial charge is 0.382 e. The first-order valence-corrected chi connectivity index (χ1v) is 10.9. The van der Waals surface area contributed by atoms with E-state index in [0.717, 1.165) is 33.6 Å². The van der Waals surface area contributed by atoms with Crippen molar-refractivity contribution in [2.75, 3.05) is 0 Å². The number of amidine groups is 1. The van der Waals surface area contributed by atoms with Crippen LogP contribution in [0.15, 0.2) is 78.4 Å². The van der Waals surface area contributed by atoms with Crippen LogP contribution in [0.1, 0.15) is 47.0 Å². The number of rotatable bonds is 4. The van der Waals surface area contributed by atoms with Crippen LogP contribution < -0.4 is 5.73 Å². The second-order valence-corrected chi connectivity index (χ2v) is 8.61. The predicted octanol–water partition coefficient (Wildman–Crippen LogP) is 4.48. The minimum absolute atomic E-state index is 0.382. The minimum Gasteiger partial charge on any atom is -0.382 e. The van der Waals surface area contributed by atoms with Gasteiger partial charge >= 0.3 is 0 Å². The molecule has 1 saturated carbocycles.